The van der Waals surface area contributed by atoms with Gasteiger partial charge in [0.1, 0.15) is 21.2 Å². The second-order valence-electron chi connectivity index (χ2n) is 7.05. The number of anilines is 1. The number of fused-ring (bicyclic) bond motifs is 1. The number of nitrogens with one attached hydrogen (secondary N) is 1. The van der Waals surface area contributed by atoms with Crippen molar-refractivity contribution >= 4 is 55.0 Å². The van der Waals surface area contributed by atoms with Crippen molar-refractivity contribution in [2.75, 3.05) is 5.32 Å². The van der Waals surface area contributed by atoms with E-state index in [-0.39, 0.29) is 37.6 Å². The predicted molar refractivity (Wildman–Crippen MR) is 122 cm³/mol. The number of primary amides is 1. The summed E-state index contributed by atoms with van der Waals surface area (Å²) in [7, 11) is 0. The molecule has 7 nitrogen and oxygen atoms in total. The first kappa shape index (κ1) is 23.8. The number of nitrogens with zero attached hydrogens (tertiary/aromatic N) is 3. The molecule has 0 aliphatic rings. The highest BCUT2D eigenvalue weighted by Crippen LogP contribution is 2.43. The maximum absolute atomic E-state index is 13.6. The van der Waals surface area contributed by atoms with Crippen molar-refractivity contribution in [1.29, 1.82) is 0 Å². The van der Waals surface area contributed by atoms with Crippen molar-refractivity contribution in [1.82, 2.24) is 14.8 Å². The number of carbonyl (C=O) groups excluding carboxylic acids is 2. The second kappa shape index (κ2) is 8.80. The Balaban J connectivity index is 1.97. The molecule has 3 heterocycles. The number of hydrogen-bond acceptors (Lipinski definition) is 5. The van der Waals surface area contributed by atoms with Crippen LogP contribution < -0.4 is 11.1 Å². The van der Waals surface area contributed by atoms with E-state index in [1.807, 2.05) is 6.92 Å². The third-order valence-corrected chi connectivity index (χ3v) is 6.50. The van der Waals surface area contributed by atoms with E-state index in [4.69, 9.17) is 5.73 Å². The van der Waals surface area contributed by atoms with Gasteiger partial charge in [0, 0.05) is 18.1 Å². The van der Waals surface area contributed by atoms with Gasteiger partial charge in [-0.05, 0) is 52.2 Å². The molecule has 0 radical (unpaired) electrons. The second-order valence-corrected chi connectivity index (χ2v) is 8.90. The Hall–Kier alpha value is -3.32. The quantitative estimate of drug-likeness (QED) is 0.319. The minimum absolute atomic E-state index is 0.000163. The largest absolute Gasteiger partial charge is 0.433 e. The van der Waals surface area contributed by atoms with Crippen LogP contribution in [0.5, 0.6) is 0 Å². The molecule has 0 spiro atoms. The van der Waals surface area contributed by atoms with Crippen molar-refractivity contribution in [2.45, 2.75) is 19.6 Å². The number of thiophene rings is 1. The molecule has 3 N–H and O–H groups in total. The van der Waals surface area contributed by atoms with Crippen LogP contribution in [0.1, 0.15) is 32.8 Å². The molecule has 0 unspecified atom stereocenters. The van der Waals surface area contributed by atoms with Crippen LogP contribution in [0.25, 0.3) is 21.3 Å². The van der Waals surface area contributed by atoms with E-state index < -0.39 is 29.5 Å². The fraction of sp³-hybridized carbons (Fsp3) is 0.143. The normalized spacial score (nSPS) is 11.7. The molecule has 3 aromatic heterocycles. The first-order valence-electron chi connectivity index (χ1n) is 9.64. The Morgan fingerprint density at radius 1 is 1.24 bits per heavy atom. The Labute approximate surface area is 201 Å². The summed E-state index contributed by atoms with van der Waals surface area (Å²) in [5.74, 6) is -2.26. The van der Waals surface area contributed by atoms with E-state index in [2.05, 4.69) is 31.3 Å². The summed E-state index contributed by atoms with van der Waals surface area (Å²) in [4.78, 5) is 28.4. The number of amides is 2. The van der Waals surface area contributed by atoms with Gasteiger partial charge in [0.25, 0.3) is 11.8 Å². The summed E-state index contributed by atoms with van der Waals surface area (Å²) in [6, 6.07) is 5.53. The number of nitrogens with two attached hydrogens (primary N) is 1. The number of hydrogen-bond donors (Lipinski definition) is 2. The minimum atomic E-state index is -4.79. The number of pyridine rings is 1. The highest BCUT2D eigenvalue weighted by Gasteiger charge is 2.35. The Kier molecular flexibility index (Phi) is 6.16. The van der Waals surface area contributed by atoms with E-state index in [0.717, 1.165) is 18.2 Å². The summed E-state index contributed by atoms with van der Waals surface area (Å²) in [5, 5.41) is 6.77. The standard InChI is InChI=1S/C21H14BrF4N5O2S/c1-2-31-8-12(22)15(30-31)19(33)29-16-14-11(9-3-5-10(23)6-4-9)7-13(21(24,25)26)28-20(14)34-17(16)18(27)32/h3-8H,2H2,1H3,(H2,27,32)(H,29,33). The molecule has 176 valence electrons. The van der Waals surface area contributed by atoms with Crippen molar-refractivity contribution in [2.24, 2.45) is 5.73 Å². The molecular formula is C21H14BrF4N5O2S. The van der Waals surface area contributed by atoms with Crippen molar-refractivity contribution < 1.29 is 27.2 Å². The summed E-state index contributed by atoms with van der Waals surface area (Å²) < 4.78 is 56.0. The van der Waals surface area contributed by atoms with Gasteiger partial charge in [-0.25, -0.2) is 9.37 Å². The number of benzene rings is 1. The van der Waals surface area contributed by atoms with E-state index in [1.54, 1.807) is 6.20 Å². The van der Waals surface area contributed by atoms with Crippen LogP contribution in [0.3, 0.4) is 0 Å². The maximum atomic E-state index is 13.6. The first-order chi connectivity index (χ1) is 16.0. The molecule has 1 aromatic carbocycles. The van der Waals surface area contributed by atoms with Gasteiger partial charge in [0.15, 0.2) is 5.69 Å². The number of aromatic nitrogens is 3. The molecule has 0 saturated carbocycles. The average molecular weight is 556 g/mol. The number of halogens is 5. The van der Waals surface area contributed by atoms with Crippen LogP contribution >= 0.6 is 27.3 Å². The molecule has 13 heteroatoms. The number of alkyl halides is 3. The molecule has 0 aliphatic heterocycles. The maximum Gasteiger partial charge on any atom is 0.433 e. The van der Waals surface area contributed by atoms with Crippen molar-refractivity contribution in [3.63, 3.8) is 0 Å². The van der Waals surface area contributed by atoms with Gasteiger partial charge in [0.2, 0.25) is 0 Å². The molecule has 0 atom stereocenters. The topological polar surface area (TPSA) is 103 Å². The highest BCUT2D eigenvalue weighted by atomic mass is 79.9. The van der Waals surface area contributed by atoms with E-state index >= 15 is 0 Å². The lowest BCUT2D eigenvalue weighted by Gasteiger charge is -2.12. The van der Waals surface area contributed by atoms with Crippen molar-refractivity contribution in [3.8, 4) is 11.1 Å². The van der Waals surface area contributed by atoms with E-state index in [1.165, 1.54) is 16.8 Å². The van der Waals surface area contributed by atoms with Gasteiger partial charge in [-0.1, -0.05) is 12.1 Å². The SMILES string of the molecule is CCn1cc(Br)c(C(=O)Nc2c(C(N)=O)sc3nc(C(F)(F)F)cc(-c4ccc(F)cc4)c23)n1. The molecule has 0 fully saturated rings. The van der Waals surface area contributed by atoms with E-state index in [0.29, 0.717) is 22.4 Å². The first-order valence-corrected chi connectivity index (χ1v) is 11.2. The molecule has 4 rings (SSSR count). The zero-order valence-electron chi connectivity index (χ0n) is 17.2. The fourth-order valence-electron chi connectivity index (χ4n) is 3.28. The third kappa shape index (κ3) is 4.40. The molecule has 4 aromatic rings. The Bertz CT molecular complexity index is 1430. The van der Waals surface area contributed by atoms with Crippen LogP contribution in [-0.4, -0.2) is 26.6 Å². The summed E-state index contributed by atoms with van der Waals surface area (Å²) in [6.45, 7) is 2.30. The van der Waals surface area contributed by atoms with E-state index in [9.17, 15) is 27.2 Å². The lowest BCUT2D eigenvalue weighted by Crippen LogP contribution is -2.18. The van der Waals surface area contributed by atoms with Gasteiger partial charge in [-0.15, -0.1) is 11.3 Å². The van der Waals surface area contributed by atoms with Gasteiger partial charge in [-0.2, -0.15) is 18.3 Å². The van der Waals surface area contributed by atoms with Crippen LogP contribution in [0.15, 0.2) is 41.0 Å². The third-order valence-electron chi connectivity index (χ3n) is 4.83. The molecule has 0 saturated heterocycles. The smallest absolute Gasteiger partial charge is 0.365 e. The number of aryl methyl sites for hydroxylation is 1. The summed E-state index contributed by atoms with van der Waals surface area (Å²) in [5.41, 5.74) is 4.38. The Morgan fingerprint density at radius 2 is 1.91 bits per heavy atom. The molecular weight excluding hydrogens is 542 g/mol. The summed E-state index contributed by atoms with van der Waals surface area (Å²) >= 11 is 3.86. The molecule has 0 bridgehead atoms. The van der Waals surface area contributed by atoms with Gasteiger partial charge >= 0.3 is 6.18 Å². The van der Waals surface area contributed by atoms with Crippen molar-refractivity contribution in [3.05, 3.63) is 63.1 Å². The zero-order chi connectivity index (χ0) is 24.8. The van der Waals surface area contributed by atoms with Crippen LogP contribution in [-0.2, 0) is 12.7 Å². The predicted octanol–water partition coefficient (Wildman–Crippen LogP) is 5.45. The monoisotopic (exact) mass is 555 g/mol. The molecule has 34 heavy (non-hydrogen) atoms. The van der Waals surface area contributed by atoms with Gasteiger partial charge < -0.3 is 11.1 Å². The number of rotatable bonds is 5. The van der Waals surface area contributed by atoms with Gasteiger partial charge in [-0.3, -0.25) is 14.3 Å². The highest BCUT2D eigenvalue weighted by molar-refractivity contribution is 9.10. The average Bonchev–Trinajstić information content (AvgIpc) is 3.33. The fourth-order valence-corrected chi connectivity index (χ4v) is 4.78. The van der Waals surface area contributed by atoms with Crippen LogP contribution in [0.2, 0.25) is 0 Å². The number of carbonyl (C=O) groups is 2. The minimum Gasteiger partial charge on any atom is -0.365 e. The lowest BCUT2D eigenvalue weighted by atomic mass is 10.0. The van der Waals surface area contributed by atoms with Gasteiger partial charge in [0.05, 0.1) is 10.2 Å². The van der Waals surface area contributed by atoms with Crippen LogP contribution in [0, 0.1) is 5.82 Å². The lowest BCUT2D eigenvalue weighted by molar-refractivity contribution is -0.140. The summed E-state index contributed by atoms with van der Waals surface area (Å²) in [6.07, 6.45) is -3.21. The Morgan fingerprint density at radius 3 is 2.47 bits per heavy atom. The molecule has 2 amide bonds. The zero-order valence-corrected chi connectivity index (χ0v) is 19.6. The molecule has 0 aliphatic carbocycles. The van der Waals surface area contributed by atoms with Crippen LogP contribution in [0.4, 0.5) is 23.2 Å².